The summed E-state index contributed by atoms with van der Waals surface area (Å²) in [6.45, 7) is 6.38. The summed E-state index contributed by atoms with van der Waals surface area (Å²) in [5.74, 6) is 0.576. The van der Waals surface area contributed by atoms with Gasteiger partial charge in [-0.1, -0.05) is 23.5 Å². The van der Waals surface area contributed by atoms with E-state index in [0.717, 1.165) is 50.5 Å². The van der Waals surface area contributed by atoms with Crippen molar-refractivity contribution in [1.82, 2.24) is 25.8 Å². The summed E-state index contributed by atoms with van der Waals surface area (Å²) in [5.41, 5.74) is 4.08. The Labute approximate surface area is 209 Å². The van der Waals surface area contributed by atoms with E-state index in [1.807, 2.05) is 38.1 Å². The Hall–Kier alpha value is -3.36. The Morgan fingerprint density at radius 3 is 2.51 bits per heavy atom. The highest BCUT2D eigenvalue weighted by Crippen LogP contribution is 2.49. The number of methoxy groups -OCH3 is 1. The van der Waals surface area contributed by atoms with E-state index in [-0.39, 0.29) is 5.91 Å². The van der Waals surface area contributed by atoms with Gasteiger partial charge in [-0.25, -0.2) is 0 Å². The number of carbonyl (C=O) groups excluding carboxylic acids is 1. The number of pyridine rings is 1. The molecule has 2 N–H and O–H groups in total. The number of aryl methyl sites for hydroxylation is 2. The van der Waals surface area contributed by atoms with E-state index in [2.05, 4.69) is 37.9 Å². The van der Waals surface area contributed by atoms with E-state index in [0.29, 0.717) is 11.3 Å². The topological polar surface area (TPSA) is 89.0 Å². The minimum atomic E-state index is -0.413. The molecule has 0 bridgehead atoms. The quantitative estimate of drug-likeness (QED) is 0.421. The summed E-state index contributed by atoms with van der Waals surface area (Å²) in [4.78, 5) is 17.8. The average Bonchev–Trinajstić information content (AvgIpc) is 3.47. The van der Waals surface area contributed by atoms with E-state index in [9.17, 15) is 4.79 Å². The molecule has 0 spiro atoms. The van der Waals surface area contributed by atoms with E-state index in [4.69, 9.17) is 4.74 Å². The molecule has 1 saturated heterocycles. The fourth-order valence-electron chi connectivity index (χ4n) is 4.14. The second-order valence-electron chi connectivity index (χ2n) is 9.04. The van der Waals surface area contributed by atoms with Gasteiger partial charge in [-0.3, -0.25) is 9.78 Å². The predicted molar refractivity (Wildman–Crippen MR) is 139 cm³/mol. The molecule has 7 nitrogen and oxygen atoms in total. The maximum atomic E-state index is 13.3. The summed E-state index contributed by atoms with van der Waals surface area (Å²) >= 11 is 1.55. The van der Waals surface area contributed by atoms with Crippen LogP contribution in [0.5, 0.6) is 5.75 Å². The number of amides is 1. The number of fused-ring (bicyclic) bond motifs is 1. The second kappa shape index (κ2) is 9.71. The molecule has 1 aliphatic heterocycles. The van der Waals surface area contributed by atoms with Crippen LogP contribution in [-0.2, 0) is 5.54 Å². The fraction of sp³-hybridized carbons (Fsp3) is 0.333. The van der Waals surface area contributed by atoms with Crippen molar-refractivity contribution in [3.8, 4) is 16.3 Å². The first-order chi connectivity index (χ1) is 17.0. The number of carbonyl (C=O) groups is 1. The Balaban J connectivity index is 0.000000577. The summed E-state index contributed by atoms with van der Waals surface area (Å²) in [6, 6.07) is 13.7. The van der Waals surface area contributed by atoms with Crippen molar-refractivity contribution >= 4 is 28.1 Å². The summed E-state index contributed by atoms with van der Waals surface area (Å²) in [7, 11) is 1.61. The third-order valence-corrected chi connectivity index (χ3v) is 7.40. The lowest BCUT2D eigenvalue weighted by Gasteiger charge is -2.21. The van der Waals surface area contributed by atoms with Gasteiger partial charge in [0.25, 0.3) is 5.91 Å². The third-order valence-electron chi connectivity index (χ3n) is 6.51. The molecule has 8 heteroatoms. The molecule has 180 valence electrons. The summed E-state index contributed by atoms with van der Waals surface area (Å²) in [6.07, 6.45) is 4.94. The second-order valence-corrected chi connectivity index (χ2v) is 10.2. The Morgan fingerprint density at radius 1 is 1.11 bits per heavy atom. The number of rotatable bonds is 5. The molecule has 0 unspecified atom stereocenters. The Kier molecular flexibility index (Phi) is 6.49. The molecular weight excluding hydrogens is 458 g/mol. The van der Waals surface area contributed by atoms with Crippen molar-refractivity contribution in [2.45, 2.75) is 38.6 Å². The highest BCUT2D eigenvalue weighted by molar-refractivity contribution is 7.14. The molecule has 1 saturated carbocycles. The molecule has 2 fully saturated rings. The first-order valence-corrected chi connectivity index (χ1v) is 12.7. The van der Waals surface area contributed by atoms with Crippen molar-refractivity contribution in [3.63, 3.8) is 0 Å². The SMILES string of the molecule is C1CNC1.COc1ccc(C)c(C(=O)NC2(c3cc(-c4nnc(C)s4)cc4ncccc34)CC2)c1. The predicted octanol–water partition coefficient (Wildman–Crippen LogP) is 4.78. The first kappa shape index (κ1) is 23.4. The highest BCUT2D eigenvalue weighted by Gasteiger charge is 2.47. The normalized spacial score (nSPS) is 15.5. The Morgan fingerprint density at radius 2 is 1.89 bits per heavy atom. The van der Waals surface area contributed by atoms with Crippen molar-refractivity contribution in [2.24, 2.45) is 0 Å². The lowest BCUT2D eigenvalue weighted by molar-refractivity contribution is 0.0930. The summed E-state index contributed by atoms with van der Waals surface area (Å²) < 4.78 is 5.31. The van der Waals surface area contributed by atoms with Crippen molar-refractivity contribution in [3.05, 3.63) is 70.4 Å². The summed E-state index contributed by atoms with van der Waals surface area (Å²) in [5, 5.41) is 17.7. The van der Waals surface area contributed by atoms with Crippen LogP contribution in [0.2, 0.25) is 0 Å². The highest BCUT2D eigenvalue weighted by atomic mass is 32.1. The van der Waals surface area contributed by atoms with Gasteiger partial charge in [0.1, 0.15) is 15.8 Å². The zero-order valence-electron chi connectivity index (χ0n) is 20.2. The minimum Gasteiger partial charge on any atom is -0.497 e. The number of nitrogens with zero attached hydrogens (tertiary/aromatic N) is 3. The van der Waals surface area contributed by atoms with Crippen molar-refractivity contribution in [2.75, 3.05) is 20.2 Å². The lowest BCUT2D eigenvalue weighted by atomic mass is 9.96. The van der Waals surface area contributed by atoms with Gasteiger partial charge in [-0.2, -0.15) is 0 Å². The average molecular weight is 488 g/mol. The molecule has 3 heterocycles. The smallest absolute Gasteiger partial charge is 0.252 e. The monoisotopic (exact) mass is 487 g/mol. The largest absolute Gasteiger partial charge is 0.497 e. The number of benzene rings is 2. The molecule has 4 aromatic rings. The van der Waals surface area contributed by atoms with Crippen LogP contribution in [0.1, 0.15) is 45.8 Å². The first-order valence-electron chi connectivity index (χ1n) is 11.9. The number of nitrogens with one attached hydrogen (secondary N) is 2. The van der Waals surface area contributed by atoms with E-state index < -0.39 is 5.54 Å². The molecule has 2 aromatic heterocycles. The fourth-order valence-corrected chi connectivity index (χ4v) is 4.81. The number of hydrogen-bond donors (Lipinski definition) is 2. The Bertz CT molecular complexity index is 1370. The molecule has 35 heavy (non-hydrogen) atoms. The van der Waals surface area contributed by atoms with Crippen LogP contribution in [-0.4, -0.2) is 41.3 Å². The van der Waals surface area contributed by atoms with Gasteiger partial charge in [0.05, 0.1) is 18.2 Å². The van der Waals surface area contributed by atoms with Crippen LogP contribution in [0.4, 0.5) is 0 Å². The van der Waals surface area contributed by atoms with Crippen LogP contribution in [0.3, 0.4) is 0 Å². The van der Waals surface area contributed by atoms with Gasteiger partial charge in [0.15, 0.2) is 0 Å². The van der Waals surface area contributed by atoms with E-state index in [1.165, 1.54) is 19.5 Å². The van der Waals surface area contributed by atoms with Gasteiger partial charge in [-0.15, -0.1) is 10.2 Å². The molecule has 0 atom stereocenters. The van der Waals surface area contributed by atoms with Crippen LogP contribution >= 0.6 is 11.3 Å². The van der Waals surface area contributed by atoms with Crippen LogP contribution in [0, 0.1) is 13.8 Å². The van der Waals surface area contributed by atoms with Gasteiger partial charge in [0, 0.05) is 22.7 Å². The molecule has 2 aliphatic rings. The number of aromatic nitrogens is 3. The van der Waals surface area contributed by atoms with Crippen molar-refractivity contribution < 1.29 is 9.53 Å². The van der Waals surface area contributed by atoms with Gasteiger partial charge >= 0.3 is 0 Å². The maximum Gasteiger partial charge on any atom is 0.252 e. The molecule has 1 aliphatic carbocycles. The zero-order chi connectivity index (χ0) is 24.4. The van der Waals surface area contributed by atoms with Gasteiger partial charge in [-0.05, 0) is 87.7 Å². The minimum absolute atomic E-state index is 0.0943. The van der Waals surface area contributed by atoms with Crippen molar-refractivity contribution in [1.29, 1.82) is 0 Å². The number of ether oxygens (including phenoxy) is 1. The van der Waals surface area contributed by atoms with E-state index in [1.54, 1.807) is 30.7 Å². The van der Waals surface area contributed by atoms with Crippen LogP contribution < -0.4 is 15.4 Å². The van der Waals surface area contributed by atoms with E-state index >= 15 is 0 Å². The van der Waals surface area contributed by atoms with Crippen LogP contribution in [0.15, 0.2) is 48.7 Å². The molecule has 2 aromatic carbocycles. The molecule has 6 rings (SSSR count). The molecule has 0 radical (unpaired) electrons. The maximum absolute atomic E-state index is 13.3. The van der Waals surface area contributed by atoms with Crippen LogP contribution in [0.25, 0.3) is 21.5 Å². The van der Waals surface area contributed by atoms with Gasteiger partial charge in [0.2, 0.25) is 0 Å². The lowest BCUT2D eigenvalue weighted by Crippen LogP contribution is -2.35. The standard InChI is InChI=1S/C24H22N4O2S.C3H7N/c1-14-6-7-17(30-3)13-19(14)22(29)26-24(8-9-24)20-11-16(23-28-27-15(2)31-23)12-21-18(20)5-4-10-25-21;1-2-4-3-1/h4-7,10-13H,8-9H2,1-3H3,(H,26,29);4H,1-3H2. The van der Waals surface area contributed by atoms with Gasteiger partial charge < -0.3 is 15.4 Å². The third kappa shape index (κ3) is 4.90. The zero-order valence-corrected chi connectivity index (χ0v) is 21.0. The number of hydrogen-bond acceptors (Lipinski definition) is 7. The molecular formula is C27H29N5O2S. The molecule has 1 amide bonds.